The van der Waals surface area contributed by atoms with Crippen LogP contribution in [0.15, 0.2) is 61.3 Å². The fraction of sp³-hybridized carbons (Fsp3) is 0.280. The molecule has 1 amide bonds. The molecule has 0 radical (unpaired) electrons. The summed E-state index contributed by atoms with van der Waals surface area (Å²) >= 11 is 0. The van der Waals surface area contributed by atoms with Gasteiger partial charge in [-0.2, -0.15) is 10.2 Å². The molecule has 0 atom stereocenters. The Morgan fingerprint density at radius 3 is 2.48 bits per heavy atom. The van der Waals surface area contributed by atoms with Crippen molar-refractivity contribution in [3.8, 4) is 28.1 Å². The molecule has 0 aliphatic carbocycles. The first kappa shape index (κ1) is 27.3. The lowest BCUT2D eigenvalue weighted by atomic mass is 10.0. The number of ether oxygens (including phenoxy) is 1. The van der Waals surface area contributed by atoms with E-state index in [1.165, 1.54) is 33.8 Å². The number of amides is 1. The average molecular weight is 579 g/mol. The van der Waals surface area contributed by atoms with E-state index in [9.17, 15) is 30.8 Å². The van der Waals surface area contributed by atoms with Crippen molar-refractivity contribution in [2.75, 3.05) is 25.1 Å². The van der Waals surface area contributed by atoms with Crippen LogP contribution in [-0.2, 0) is 21.2 Å². The number of carbonyl (C=O) groups is 1. The number of pyridine rings is 1. The number of aryl methyl sites for hydroxylation is 1. The second kappa shape index (κ2) is 10.0. The van der Waals surface area contributed by atoms with Crippen LogP contribution in [0.2, 0.25) is 0 Å². The van der Waals surface area contributed by atoms with Crippen LogP contribution in [-0.4, -0.2) is 75.2 Å². The summed E-state index contributed by atoms with van der Waals surface area (Å²) in [7, 11) is -3.21. The van der Waals surface area contributed by atoms with Gasteiger partial charge >= 0.3 is 6.36 Å². The average Bonchev–Trinajstić information content (AvgIpc) is 3.46. The number of alkyl halides is 3. The summed E-state index contributed by atoms with van der Waals surface area (Å²) in [6, 6.07) is 6.56. The predicted octanol–water partition coefficient (Wildman–Crippen LogP) is 3.77. The van der Waals surface area contributed by atoms with Gasteiger partial charge in [0.05, 0.1) is 30.1 Å². The van der Waals surface area contributed by atoms with Gasteiger partial charge in [-0.15, -0.1) is 13.2 Å². The second-order valence-corrected chi connectivity index (χ2v) is 11.6. The molecule has 15 heteroatoms. The van der Waals surface area contributed by atoms with E-state index < -0.39 is 33.7 Å². The van der Waals surface area contributed by atoms with Crippen LogP contribution in [0.4, 0.5) is 17.6 Å². The van der Waals surface area contributed by atoms with Crippen LogP contribution in [0.1, 0.15) is 6.04 Å². The normalized spacial score (nSPS) is 14.4. The Morgan fingerprint density at radius 1 is 1.15 bits per heavy atom. The lowest BCUT2D eigenvalue weighted by molar-refractivity contribution is -0.274. The monoisotopic (exact) mass is 578 g/mol. The lowest BCUT2D eigenvalue weighted by Gasteiger charge is -2.39. The van der Waals surface area contributed by atoms with Crippen molar-refractivity contribution >= 4 is 26.8 Å². The molecule has 1 saturated heterocycles. The van der Waals surface area contributed by atoms with Crippen molar-refractivity contribution in [2.24, 2.45) is 0 Å². The van der Waals surface area contributed by atoms with E-state index in [-0.39, 0.29) is 31.4 Å². The maximum absolute atomic E-state index is 13.4. The van der Waals surface area contributed by atoms with Crippen molar-refractivity contribution in [1.82, 2.24) is 29.4 Å². The Labute approximate surface area is 225 Å². The number of hydrogen-bond acceptors (Lipinski definition) is 7. The highest BCUT2D eigenvalue weighted by molar-refractivity contribution is 7.90. The molecule has 1 aliphatic heterocycles. The Morgan fingerprint density at radius 2 is 1.85 bits per heavy atom. The van der Waals surface area contributed by atoms with Gasteiger partial charge in [0.15, 0.2) is 5.83 Å². The SMILES string of the molecule is C=C(F)C(=O)N1CC(n2nc(-c3ccc(OC(F)(F)F)cc3)c3nccc(-c4cnn(CCS(C)(=O)=O)c4)c32)C1. The van der Waals surface area contributed by atoms with E-state index in [1.54, 1.807) is 29.3 Å². The predicted molar refractivity (Wildman–Crippen MR) is 136 cm³/mol. The van der Waals surface area contributed by atoms with E-state index in [0.717, 1.165) is 6.26 Å². The molecular formula is C25H22F4N6O4S. The maximum atomic E-state index is 13.4. The number of halogens is 4. The minimum atomic E-state index is -4.84. The molecule has 4 aromatic rings. The van der Waals surface area contributed by atoms with E-state index in [0.29, 0.717) is 33.4 Å². The summed E-state index contributed by atoms with van der Waals surface area (Å²) in [6.07, 6.45) is 1.10. The largest absolute Gasteiger partial charge is 0.573 e. The molecule has 0 unspecified atom stereocenters. The number of benzene rings is 1. The highest BCUT2D eigenvalue weighted by atomic mass is 32.2. The van der Waals surface area contributed by atoms with Crippen LogP contribution in [0.5, 0.6) is 5.75 Å². The highest BCUT2D eigenvalue weighted by Crippen LogP contribution is 2.37. The summed E-state index contributed by atoms with van der Waals surface area (Å²) in [5, 5.41) is 8.98. The number of carbonyl (C=O) groups excluding carboxylic acids is 1. The summed E-state index contributed by atoms with van der Waals surface area (Å²) < 4.78 is 81.5. The number of likely N-dealkylation sites (tertiary alicyclic amines) is 1. The molecule has 5 rings (SSSR count). The molecule has 210 valence electrons. The molecule has 4 heterocycles. The van der Waals surface area contributed by atoms with E-state index in [4.69, 9.17) is 5.10 Å². The zero-order chi connectivity index (χ0) is 28.8. The Balaban J connectivity index is 1.56. The third-order valence-corrected chi connectivity index (χ3v) is 7.23. The molecule has 0 N–H and O–H groups in total. The smallest absolute Gasteiger partial charge is 0.406 e. The number of fused-ring (bicyclic) bond motifs is 1. The van der Waals surface area contributed by atoms with Crippen LogP contribution in [0.25, 0.3) is 33.4 Å². The molecule has 0 saturated carbocycles. The van der Waals surface area contributed by atoms with Crippen LogP contribution in [0, 0.1) is 0 Å². The molecule has 3 aromatic heterocycles. The minimum absolute atomic E-state index is 0.0954. The summed E-state index contributed by atoms with van der Waals surface area (Å²) in [6.45, 7) is 3.50. The lowest BCUT2D eigenvalue weighted by Crippen LogP contribution is -2.51. The highest BCUT2D eigenvalue weighted by Gasteiger charge is 2.36. The fourth-order valence-corrected chi connectivity index (χ4v) is 4.92. The molecule has 1 fully saturated rings. The van der Waals surface area contributed by atoms with Crippen LogP contribution in [0.3, 0.4) is 0 Å². The number of rotatable bonds is 8. The van der Waals surface area contributed by atoms with Crippen molar-refractivity contribution in [3.63, 3.8) is 0 Å². The van der Waals surface area contributed by atoms with E-state index >= 15 is 0 Å². The first-order valence-corrected chi connectivity index (χ1v) is 13.9. The van der Waals surface area contributed by atoms with Gasteiger partial charge in [0.25, 0.3) is 5.91 Å². The maximum Gasteiger partial charge on any atom is 0.573 e. The van der Waals surface area contributed by atoms with Crippen molar-refractivity contribution in [1.29, 1.82) is 0 Å². The number of sulfone groups is 1. The molecule has 0 bridgehead atoms. The first-order valence-electron chi connectivity index (χ1n) is 11.9. The van der Waals surface area contributed by atoms with E-state index in [2.05, 4.69) is 21.4 Å². The molecule has 10 nitrogen and oxygen atoms in total. The summed E-state index contributed by atoms with van der Waals surface area (Å²) in [5.74, 6) is -2.38. The van der Waals surface area contributed by atoms with Gasteiger partial charge in [-0.05, 0) is 30.3 Å². The van der Waals surface area contributed by atoms with Gasteiger partial charge < -0.3 is 9.64 Å². The van der Waals surface area contributed by atoms with Gasteiger partial charge in [-0.25, -0.2) is 12.8 Å². The zero-order valence-electron chi connectivity index (χ0n) is 21.0. The standard InChI is InChI=1S/C25H22F4N6O4S/c1-15(26)24(36)33-13-18(14-33)35-23-20(17-11-31-34(12-17)9-10-40(2,37)38)7-8-30-22(23)21(32-35)16-3-5-19(6-4-16)39-25(27,28)29/h3-8,11-12,18H,1,9-10,13-14H2,2H3. The van der Waals surface area contributed by atoms with Gasteiger partial charge in [0, 0.05) is 48.4 Å². The molecule has 1 aromatic carbocycles. The van der Waals surface area contributed by atoms with Crippen molar-refractivity contribution in [2.45, 2.75) is 18.9 Å². The van der Waals surface area contributed by atoms with Crippen molar-refractivity contribution in [3.05, 3.63) is 61.3 Å². The van der Waals surface area contributed by atoms with Crippen LogP contribution < -0.4 is 4.74 Å². The molecule has 0 spiro atoms. The first-order chi connectivity index (χ1) is 18.8. The number of nitrogens with zero attached hydrogens (tertiary/aromatic N) is 6. The quantitative estimate of drug-likeness (QED) is 0.231. The molecular weight excluding hydrogens is 556 g/mol. The summed E-state index contributed by atoms with van der Waals surface area (Å²) in [5.41, 5.74) is 3.14. The fourth-order valence-electron chi connectivity index (χ4n) is 4.40. The van der Waals surface area contributed by atoms with Crippen molar-refractivity contribution < 1.29 is 35.5 Å². The Kier molecular flexibility index (Phi) is 6.85. The van der Waals surface area contributed by atoms with E-state index in [1.807, 2.05) is 0 Å². The van der Waals surface area contributed by atoms with Gasteiger partial charge in [0.2, 0.25) is 0 Å². The zero-order valence-corrected chi connectivity index (χ0v) is 21.8. The second-order valence-electron chi connectivity index (χ2n) is 9.31. The number of aromatic nitrogens is 5. The minimum Gasteiger partial charge on any atom is -0.406 e. The third-order valence-electron chi connectivity index (χ3n) is 6.31. The Hall–Kier alpha value is -4.27. The van der Waals surface area contributed by atoms with Gasteiger partial charge in [-0.1, -0.05) is 6.58 Å². The topological polar surface area (TPSA) is 112 Å². The number of hydrogen-bond donors (Lipinski definition) is 0. The van der Waals surface area contributed by atoms with Gasteiger partial charge in [-0.3, -0.25) is 19.1 Å². The summed E-state index contributed by atoms with van der Waals surface area (Å²) in [4.78, 5) is 17.8. The third kappa shape index (κ3) is 5.68. The van der Waals surface area contributed by atoms with Gasteiger partial charge in [0.1, 0.15) is 26.8 Å². The molecule has 40 heavy (non-hydrogen) atoms. The van der Waals surface area contributed by atoms with Crippen LogP contribution >= 0.6 is 0 Å². The molecule has 1 aliphatic rings. The Bertz CT molecular complexity index is 1710.